The number of esters is 3. The van der Waals surface area contributed by atoms with Gasteiger partial charge in [-0.05, 0) is 57.8 Å². The number of allylic oxidation sites excluding steroid dienone is 10. The molecule has 0 rings (SSSR count). The summed E-state index contributed by atoms with van der Waals surface area (Å²) in [5.41, 5.74) is 0. The third-order valence-electron chi connectivity index (χ3n) is 16.0. The fourth-order valence-corrected chi connectivity index (χ4v) is 10.7. The van der Waals surface area contributed by atoms with Crippen LogP contribution in [0.2, 0.25) is 0 Å². The Morgan fingerprint density at radius 1 is 0.259 bits per heavy atom. The van der Waals surface area contributed by atoms with Crippen LogP contribution in [-0.2, 0) is 28.6 Å². The molecule has 6 nitrogen and oxygen atoms in total. The average molecular weight is 1130 g/mol. The first-order valence-corrected chi connectivity index (χ1v) is 35.8. The second-order valence-electron chi connectivity index (χ2n) is 24.1. The van der Waals surface area contributed by atoms with Crippen LogP contribution < -0.4 is 0 Å². The highest BCUT2D eigenvalue weighted by Gasteiger charge is 2.19. The summed E-state index contributed by atoms with van der Waals surface area (Å²) < 4.78 is 17.0. The Morgan fingerprint density at radius 2 is 0.481 bits per heavy atom. The third kappa shape index (κ3) is 67.8. The fourth-order valence-electron chi connectivity index (χ4n) is 10.7. The first-order valence-electron chi connectivity index (χ1n) is 35.8. The Bertz CT molecular complexity index is 1440. The Labute approximate surface area is 504 Å². The van der Waals surface area contributed by atoms with Crippen molar-refractivity contribution in [3.8, 4) is 0 Å². The van der Waals surface area contributed by atoms with Gasteiger partial charge in [-0.2, -0.15) is 0 Å². The van der Waals surface area contributed by atoms with Gasteiger partial charge in [0.25, 0.3) is 0 Å². The molecule has 0 aromatic carbocycles. The molecule has 0 aromatic heterocycles. The smallest absolute Gasteiger partial charge is 0.306 e. The SMILES string of the molecule is CC/C=C\C/C=C\C/C=C\C/C=C\C/C=C\CCCC(=O)OCC(COC(=O)CCCCCCCCCCCCCCCCCCCCCCCCC)OC(=O)CCCCCCCCCCCCCCCCCCCCCCCCC. The molecule has 0 aliphatic carbocycles. The summed E-state index contributed by atoms with van der Waals surface area (Å²) in [6.45, 7) is 6.56. The molecule has 0 bridgehead atoms. The summed E-state index contributed by atoms with van der Waals surface area (Å²) in [6, 6.07) is 0. The van der Waals surface area contributed by atoms with E-state index in [0.717, 1.165) is 77.0 Å². The van der Waals surface area contributed by atoms with Crippen molar-refractivity contribution >= 4 is 17.9 Å². The van der Waals surface area contributed by atoms with Gasteiger partial charge < -0.3 is 14.2 Å². The molecular formula is C75H136O6. The zero-order valence-electron chi connectivity index (χ0n) is 54.3. The highest BCUT2D eigenvalue weighted by molar-refractivity contribution is 5.71. The van der Waals surface area contributed by atoms with Crippen LogP contribution >= 0.6 is 0 Å². The summed E-state index contributed by atoms with van der Waals surface area (Å²) in [4.78, 5) is 38.5. The van der Waals surface area contributed by atoms with Crippen molar-refractivity contribution in [3.05, 3.63) is 60.8 Å². The summed E-state index contributed by atoms with van der Waals surface area (Å²) >= 11 is 0. The Hall–Kier alpha value is -2.89. The fraction of sp³-hybridized carbons (Fsp3) is 0.827. The summed E-state index contributed by atoms with van der Waals surface area (Å²) in [6.07, 6.45) is 89.8. The number of ether oxygens (including phenoxy) is 3. The standard InChI is InChI=1S/C75H136O6/c1-4-7-10-13-16-19-22-25-28-31-33-35-37-39-41-44-47-50-53-56-59-62-65-68-74(77)80-71-72(70-79-73(76)67-64-61-58-55-52-49-46-43-30-27-24-21-18-15-12-9-6-3)81-75(78)69-66-63-60-57-54-51-48-45-42-40-38-36-34-32-29-26-23-20-17-14-11-8-5-2/h9,12,18,21,27,30,46,49,55,58,72H,4-8,10-11,13-17,19-20,22-26,28-29,31-45,47-48,50-54,56-57,59-71H2,1-3H3/b12-9-,21-18-,30-27-,49-46-,58-55-. The highest BCUT2D eigenvalue weighted by atomic mass is 16.6. The van der Waals surface area contributed by atoms with E-state index in [0.29, 0.717) is 19.3 Å². The lowest BCUT2D eigenvalue weighted by Gasteiger charge is -2.18. The highest BCUT2D eigenvalue weighted by Crippen LogP contribution is 2.19. The molecule has 1 unspecified atom stereocenters. The molecule has 472 valence electrons. The van der Waals surface area contributed by atoms with Crippen LogP contribution in [-0.4, -0.2) is 37.2 Å². The predicted molar refractivity (Wildman–Crippen MR) is 353 cm³/mol. The monoisotopic (exact) mass is 1130 g/mol. The normalized spacial score (nSPS) is 12.4. The largest absolute Gasteiger partial charge is 0.462 e. The van der Waals surface area contributed by atoms with Crippen molar-refractivity contribution in [2.24, 2.45) is 0 Å². The molecule has 0 amide bonds. The van der Waals surface area contributed by atoms with Gasteiger partial charge in [-0.25, -0.2) is 0 Å². The minimum atomic E-state index is -0.796. The number of unbranched alkanes of at least 4 members (excludes halogenated alkanes) is 45. The second kappa shape index (κ2) is 69.6. The van der Waals surface area contributed by atoms with Gasteiger partial charge in [0.1, 0.15) is 13.2 Å². The molecule has 0 aliphatic heterocycles. The number of carbonyl (C=O) groups excluding carboxylic acids is 3. The molecule has 81 heavy (non-hydrogen) atoms. The van der Waals surface area contributed by atoms with Gasteiger partial charge in [-0.3, -0.25) is 14.4 Å². The molecule has 0 radical (unpaired) electrons. The Kier molecular flexibility index (Phi) is 67.1. The number of carbonyl (C=O) groups is 3. The van der Waals surface area contributed by atoms with Crippen LogP contribution in [0.4, 0.5) is 0 Å². The van der Waals surface area contributed by atoms with Gasteiger partial charge in [0.05, 0.1) is 0 Å². The number of rotatable bonds is 66. The average Bonchev–Trinajstić information content (AvgIpc) is 3.47. The second-order valence-corrected chi connectivity index (χ2v) is 24.1. The summed E-state index contributed by atoms with van der Waals surface area (Å²) in [7, 11) is 0. The van der Waals surface area contributed by atoms with E-state index in [2.05, 4.69) is 81.5 Å². The van der Waals surface area contributed by atoms with E-state index in [1.165, 1.54) is 257 Å². The van der Waals surface area contributed by atoms with E-state index >= 15 is 0 Å². The summed E-state index contributed by atoms with van der Waals surface area (Å²) in [5.74, 6) is -0.920. The number of hydrogen-bond acceptors (Lipinski definition) is 6. The van der Waals surface area contributed by atoms with Gasteiger partial charge in [0.2, 0.25) is 0 Å². The van der Waals surface area contributed by atoms with Gasteiger partial charge in [0.15, 0.2) is 6.10 Å². The van der Waals surface area contributed by atoms with E-state index in [-0.39, 0.29) is 37.5 Å². The van der Waals surface area contributed by atoms with Crippen LogP contribution in [0.3, 0.4) is 0 Å². The Morgan fingerprint density at radius 3 is 0.753 bits per heavy atom. The molecule has 1 atom stereocenters. The molecule has 0 aromatic rings. The Balaban J connectivity index is 4.34. The molecule has 0 spiro atoms. The van der Waals surface area contributed by atoms with E-state index in [1.807, 2.05) is 0 Å². The zero-order chi connectivity index (χ0) is 58.5. The summed E-state index contributed by atoms with van der Waals surface area (Å²) in [5, 5.41) is 0. The van der Waals surface area contributed by atoms with E-state index in [1.54, 1.807) is 0 Å². The maximum Gasteiger partial charge on any atom is 0.306 e. The van der Waals surface area contributed by atoms with Gasteiger partial charge in [0, 0.05) is 19.3 Å². The molecule has 0 fully saturated rings. The molecule has 6 heteroatoms. The maximum absolute atomic E-state index is 13.0. The molecular weight excluding hydrogens is 997 g/mol. The van der Waals surface area contributed by atoms with E-state index in [9.17, 15) is 14.4 Å². The van der Waals surface area contributed by atoms with Gasteiger partial charge in [-0.15, -0.1) is 0 Å². The number of hydrogen-bond donors (Lipinski definition) is 0. The van der Waals surface area contributed by atoms with Crippen molar-refractivity contribution in [2.45, 2.75) is 386 Å². The van der Waals surface area contributed by atoms with Crippen molar-refractivity contribution in [2.75, 3.05) is 13.2 Å². The minimum absolute atomic E-state index is 0.0867. The van der Waals surface area contributed by atoms with Crippen LogP contribution in [0, 0.1) is 0 Å². The topological polar surface area (TPSA) is 78.9 Å². The lowest BCUT2D eigenvalue weighted by atomic mass is 10.0. The van der Waals surface area contributed by atoms with Crippen molar-refractivity contribution in [1.29, 1.82) is 0 Å². The maximum atomic E-state index is 13.0. The molecule has 0 N–H and O–H groups in total. The zero-order valence-corrected chi connectivity index (χ0v) is 54.3. The van der Waals surface area contributed by atoms with Crippen molar-refractivity contribution < 1.29 is 28.6 Å². The lowest BCUT2D eigenvalue weighted by molar-refractivity contribution is -0.167. The molecule has 0 aliphatic rings. The van der Waals surface area contributed by atoms with Crippen molar-refractivity contribution in [3.63, 3.8) is 0 Å². The molecule has 0 saturated heterocycles. The van der Waals surface area contributed by atoms with Crippen LogP contribution in [0.1, 0.15) is 380 Å². The van der Waals surface area contributed by atoms with Crippen LogP contribution in [0.25, 0.3) is 0 Å². The van der Waals surface area contributed by atoms with Crippen LogP contribution in [0.5, 0.6) is 0 Å². The van der Waals surface area contributed by atoms with Gasteiger partial charge in [-0.1, -0.05) is 364 Å². The third-order valence-corrected chi connectivity index (χ3v) is 16.0. The van der Waals surface area contributed by atoms with Crippen molar-refractivity contribution in [1.82, 2.24) is 0 Å². The lowest BCUT2D eigenvalue weighted by Crippen LogP contribution is -2.30. The molecule has 0 saturated carbocycles. The van der Waals surface area contributed by atoms with Crippen LogP contribution in [0.15, 0.2) is 60.8 Å². The first-order chi connectivity index (χ1) is 40.0. The minimum Gasteiger partial charge on any atom is -0.462 e. The van der Waals surface area contributed by atoms with E-state index in [4.69, 9.17) is 14.2 Å². The van der Waals surface area contributed by atoms with Gasteiger partial charge >= 0.3 is 17.9 Å². The quantitative estimate of drug-likeness (QED) is 0.0261. The molecule has 0 heterocycles. The van der Waals surface area contributed by atoms with E-state index < -0.39 is 6.10 Å². The first kappa shape index (κ1) is 78.1. The predicted octanol–water partition coefficient (Wildman–Crippen LogP) is 24.7.